The molecule has 1 aliphatic carbocycles. The van der Waals surface area contributed by atoms with Crippen molar-refractivity contribution in [3.05, 3.63) is 71.3 Å². The van der Waals surface area contributed by atoms with E-state index >= 15 is 0 Å². The first-order valence-corrected chi connectivity index (χ1v) is 12.5. The minimum Gasteiger partial charge on any atom is -0.497 e. The fraction of sp³-hybridized carbons (Fsp3) is 0.500. The first-order valence-electron chi connectivity index (χ1n) is 12.5. The van der Waals surface area contributed by atoms with Crippen molar-refractivity contribution in [3.8, 4) is 5.75 Å². The molecule has 7 heteroatoms. The molecule has 0 atom stereocenters. The molecule has 2 aromatic carbocycles. The van der Waals surface area contributed by atoms with Crippen LogP contribution < -0.4 is 4.74 Å². The van der Waals surface area contributed by atoms with Crippen LogP contribution in [0.3, 0.4) is 0 Å². The van der Waals surface area contributed by atoms with Gasteiger partial charge in [-0.2, -0.15) is 13.2 Å². The number of methoxy groups -OCH3 is 1. The van der Waals surface area contributed by atoms with E-state index in [0.29, 0.717) is 6.54 Å². The molecule has 4 nitrogen and oxygen atoms in total. The summed E-state index contributed by atoms with van der Waals surface area (Å²) in [5, 5.41) is 11.5. The van der Waals surface area contributed by atoms with Crippen LogP contribution in [0, 0.1) is 0 Å². The number of benzene rings is 2. The third-order valence-electron chi connectivity index (χ3n) is 7.29. The van der Waals surface area contributed by atoms with Crippen LogP contribution in [-0.2, 0) is 12.7 Å². The van der Waals surface area contributed by atoms with E-state index in [1.165, 1.54) is 6.42 Å². The first-order chi connectivity index (χ1) is 16.8. The van der Waals surface area contributed by atoms with Gasteiger partial charge in [0.2, 0.25) is 0 Å². The van der Waals surface area contributed by atoms with Crippen LogP contribution in [0.1, 0.15) is 48.8 Å². The van der Waals surface area contributed by atoms with Gasteiger partial charge >= 0.3 is 6.18 Å². The summed E-state index contributed by atoms with van der Waals surface area (Å²) in [5.74, 6) is 0.799. The molecule has 0 amide bonds. The predicted octanol–water partition coefficient (Wildman–Crippen LogP) is 5.61. The van der Waals surface area contributed by atoms with Crippen LogP contribution in [0.4, 0.5) is 13.2 Å². The lowest BCUT2D eigenvalue weighted by molar-refractivity contribution is -0.137. The Labute approximate surface area is 206 Å². The van der Waals surface area contributed by atoms with Crippen molar-refractivity contribution < 1.29 is 23.0 Å². The van der Waals surface area contributed by atoms with Gasteiger partial charge in [0.25, 0.3) is 0 Å². The number of alkyl halides is 3. The minimum atomic E-state index is -4.30. The summed E-state index contributed by atoms with van der Waals surface area (Å²) >= 11 is 0. The van der Waals surface area contributed by atoms with E-state index in [-0.39, 0.29) is 0 Å². The topological polar surface area (TPSA) is 35.9 Å². The molecule has 2 aromatic rings. The van der Waals surface area contributed by atoms with Gasteiger partial charge < -0.3 is 9.84 Å². The van der Waals surface area contributed by atoms with Crippen molar-refractivity contribution >= 4 is 5.57 Å². The summed E-state index contributed by atoms with van der Waals surface area (Å²) in [7, 11) is 1.65. The number of halogens is 3. The van der Waals surface area contributed by atoms with Crippen LogP contribution in [0.2, 0.25) is 0 Å². The second-order valence-electron chi connectivity index (χ2n) is 9.71. The van der Waals surface area contributed by atoms with Crippen molar-refractivity contribution in [2.75, 3.05) is 39.8 Å². The molecule has 1 heterocycles. The van der Waals surface area contributed by atoms with E-state index in [4.69, 9.17) is 4.74 Å². The van der Waals surface area contributed by atoms with Crippen LogP contribution in [0.25, 0.3) is 5.57 Å². The van der Waals surface area contributed by atoms with E-state index < -0.39 is 17.3 Å². The van der Waals surface area contributed by atoms with Gasteiger partial charge in [-0.3, -0.25) is 9.80 Å². The molecule has 4 rings (SSSR count). The van der Waals surface area contributed by atoms with Gasteiger partial charge in [-0.05, 0) is 53.8 Å². The standard InChI is InChI=1S/C28H35F3N2O2/c1-35-25-11-7-23(8-12-25)26(27(34)14-3-2-4-15-27)13-16-32-17-19-33(20-18-32)21-22-5-9-24(10-6-22)28(29,30)31/h5-13,34H,2-4,14-21H2,1H3/b26-13+. The molecule has 0 radical (unpaired) electrons. The van der Waals surface area contributed by atoms with Gasteiger partial charge in [0.1, 0.15) is 5.75 Å². The largest absolute Gasteiger partial charge is 0.497 e. The summed E-state index contributed by atoms with van der Waals surface area (Å²) < 4.78 is 43.7. The summed E-state index contributed by atoms with van der Waals surface area (Å²) in [6.07, 6.45) is 2.70. The maximum absolute atomic E-state index is 12.8. The lowest BCUT2D eigenvalue weighted by Crippen LogP contribution is -2.46. The highest BCUT2D eigenvalue weighted by molar-refractivity contribution is 5.72. The third kappa shape index (κ3) is 6.66. The second-order valence-corrected chi connectivity index (χ2v) is 9.71. The molecule has 0 bridgehead atoms. The van der Waals surface area contributed by atoms with Crippen molar-refractivity contribution in [2.24, 2.45) is 0 Å². The minimum absolute atomic E-state index is 0.606. The summed E-state index contributed by atoms with van der Waals surface area (Å²) in [6, 6.07) is 13.4. The van der Waals surface area contributed by atoms with E-state index in [0.717, 1.165) is 93.0 Å². The molecule has 35 heavy (non-hydrogen) atoms. The SMILES string of the molecule is COc1ccc(/C(=C\CN2CCN(Cc3ccc(C(F)(F)F)cc3)CC2)C2(O)CCCCC2)cc1. The van der Waals surface area contributed by atoms with E-state index in [2.05, 4.69) is 15.9 Å². The number of hydrogen-bond donors (Lipinski definition) is 1. The average Bonchev–Trinajstić information content (AvgIpc) is 2.86. The third-order valence-corrected chi connectivity index (χ3v) is 7.29. The Bertz CT molecular complexity index is 973. The first kappa shape index (κ1) is 25.7. The molecule has 1 aliphatic heterocycles. The summed E-state index contributed by atoms with van der Waals surface area (Å²) in [5.41, 5.74) is 1.54. The number of nitrogens with zero attached hydrogens (tertiary/aromatic N) is 2. The van der Waals surface area contributed by atoms with Gasteiger partial charge in [0, 0.05) is 39.3 Å². The van der Waals surface area contributed by atoms with Crippen LogP contribution in [0.15, 0.2) is 54.6 Å². The highest BCUT2D eigenvalue weighted by Gasteiger charge is 2.34. The zero-order valence-corrected chi connectivity index (χ0v) is 20.4. The Morgan fingerprint density at radius 1 is 0.914 bits per heavy atom. The highest BCUT2D eigenvalue weighted by Crippen LogP contribution is 2.39. The zero-order valence-electron chi connectivity index (χ0n) is 20.4. The monoisotopic (exact) mass is 488 g/mol. The average molecular weight is 489 g/mol. The smallest absolute Gasteiger partial charge is 0.416 e. The maximum atomic E-state index is 12.8. The Hall–Kier alpha value is -2.35. The zero-order chi connectivity index (χ0) is 24.9. The molecule has 0 spiro atoms. The Balaban J connectivity index is 1.37. The van der Waals surface area contributed by atoms with Crippen LogP contribution in [-0.4, -0.2) is 60.3 Å². The molecule has 0 aromatic heterocycles. The number of piperazine rings is 1. The molecule has 2 fully saturated rings. The molecular formula is C28H35F3N2O2. The quantitative estimate of drug-likeness (QED) is 0.550. The Kier molecular flexibility index (Phi) is 8.19. The van der Waals surface area contributed by atoms with Gasteiger partial charge in [-0.15, -0.1) is 0 Å². The number of ether oxygens (including phenoxy) is 1. The molecule has 1 N–H and O–H groups in total. The maximum Gasteiger partial charge on any atom is 0.416 e. The van der Waals surface area contributed by atoms with Gasteiger partial charge in [-0.25, -0.2) is 0 Å². The number of aliphatic hydroxyl groups is 1. The van der Waals surface area contributed by atoms with Gasteiger partial charge in [0.15, 0.2) is 0 Å². The summed E-state index contributed by atoms with van der Waals surface area (Å²) in [4.78, 5) is 4.65. The number of hydrogen-bond acceptors (Lipinski definition) is 4. The lowest BCUT2D eigenvalue weighted by atomic mass is 9.76. The molecular weight excluding hydrogens is 453 g/mol. The summed E-state index contributed by atoms with van der Waals surface area (Å²) in [6.45, 7) is 4.89. The molecule has 2 aliphatic rings. The van der Waals surface area contributed by atoms with Crippen molar-refractivity contribution in [1.82, 2.24) is 9.80 Å². The fourth-order valence-corrected chi connectivity index (χ4v) is 5.16. The van der Waals surface area contributed by atoms with Gasteiger partial charge in [0.05, 0.1) is 18.3 Å². The van der Waals surface area contributed by atoms with Crippen molar-refractivity contribution in [3.63, 3.8) is 0 Å². The number of rotatable bonds is 7. The predicted molar refractivity (Wildman–Crippen MR) is 132 cm³/mol. The molecule has 1 saturated heterocycles. The van der Waals surface area contributed by atoms with Crippen molar-refractivity contribution in [2.45, 2.75) is 50.4 Å². The molecule has 1 saturated carbocycles. The van der Waals surface area contributed by atoms with E-state index in [1.54, 1.807) is 19.2 Å². The molecule has 0 unspecified atom stereocenters. The fourth-order valence-electron chi connectivity index (χ4n) is 5.16. The van der Waals surface area contributed by atoms with Crippen molar-refractivity contribution in [1.29, 1.82) is 0 Å². The Morgan fingerprint density at radius 3 is 2.09 bits per heavy atom. The van der Waals surface area contributed by atoms with Crippen LogP contribution >= 0.6 is 0 Å². The van der Waals surface area contributed by atoms with E-state index in [1.807, 2.05) is 24.3 Å². The van der Waals surface area contributed by atoms with Crippen LogP contribution in [0.5, 0.6) is 5.75 Å². The Morgan fingerprint density at radius 2 is 1.51 bits per heavy atom. The van der Waals surface area contributed by atoms with Gasteiger partial charge in [-0.1, -0.05) is 49.6 Å². The van der Waals surface area contributed by atoms with E-state index in [9.17, 15) is 18.3 Å². The lowest BCUT2D eigenvalue weighted by Gasteiger charge is -2.37. The molecule has 190 valence electrons. The highest BCUT2D eigenvalue weighted by atomic mass is 19.4. The second kappa shape index (κ2) is 11.1. The normalized spacial score (nSPS) is 20.1.